The number of nitrogens with zero attached hydrogens (tertiary/aromatic N) is 4. The van der Waals surface area contributed by atoms with Gasteiger partial charge in [-0.1, -0.05) is 16.8 Å². The first-order valence-corrected chi connectivity index (χ1v) is 9.89. The van der Waals surface area contributed by atoms with Crippen LogP contribution in [0.25, 0.3) is 10.9 Å². The van der Waals surface area contributed by atoms with E-state index in [-0.39, 0.29) is 11.5 Å². The highest BCUT2D eigenvalue weighted by Gasteiger charge is 2.23. The molecule has 29 heavy (non-hydrogen) atoms. The molecule has 0 unspecified atom stereocenters. The van der Waals surface area contributed by atoms with Crippen molar-refractivity contribution in [1.82, 2.24) is 24.9 Å². The van der Waals surface area contributed by atoms with Crippen molar-refractivity contribution in [3.63, 3.8) is 0 Å². The van der Waals surface area contributed by atoms with Gasteiger partial charge in [0.15, 0.2) is 0 Å². The SMILES string of the molecule is Cc1noc(C)c1CC(=O)N1CCN(Cc2nc3ccc(Cl)cc3c(=O)[nH]2)CC1. The molecule has 8 nitrogen and oxygen atoms in total. The number of benzene rings is 1. The van der Waals surface area contributed by atoms with Crippen molar-refractivity contribution in [2.45, 2.75) is 26.8 Å². The number of halogens is 1. The molecule has 1 aliphatic rings. The molecular weight excluding hydrogens is 394 g/mol. The predicted octanol–water partition coefficient (Wildman–Crippen LogP) is 2.07. The fourth-order valence-electron chi connectivity index (χ4n) is 3.62. The van der Waals surface area contributed by atoms with Crippen LogP contribution in [0.5, 0.6) is 0 Å². The van der Waals surface area contributed by atoms with Gasteiger partial charge in [0.05, 0.1) is 29.6 Å². The minimum atomic E-state index is -0.194. The van der Waals surface area contributed by atoms with Crippen molar-refractivity contribution in [2.75, 3.05) is 26.2 Å². The lowest BCUT2D eigenvalue weighted by Gasteiger charge is -2.34. The zero-order valence-electron chi connectivity index (χ0n) is 16.4. The van der Waals surface area contributed by atoms with E-state index in [9.17, 15) is 9.59 Å². The molecule has 0 aliphatic carbocycles. The molecule has 1 amide bonds. The maximum atomic E-state index is 12.6. The standard InChI is InChI=1S/C20H22ClN5O3/c1-12-15(13(2)29-24-12)10-19(27)26-7-5-25(6-8-26)11-18-22-17-4-3-14(21)9-16(17)20(28)23-18/h3-4,9H,5-8,10-11H2,1-2H3,(H,22,23,28). The Hall–Kier alpha value is -2.71. The Labute approximate surface area is 172 Å². The van der Waals surface area contributed by atoms with Gasteiger partial charge in [0, 0.05) is 36.8 Å². The number of aryl methyl sites for hydroxylation is 2. The van der Waals surface area contributed by atoms with E-state index in [1.807, 2.05) is 18.7 Å². The van der Waals surface area contributed by atoms with Crippen molar-refractivity contribution in [1.29, 1.82) is 0 Å². The third kappa shape index (κ3) is 4.18. The highest BCUT2D eigenvalue weighted by molar-refractivity contribution is 6.31. The van der Waals surface area contributed by atoms with Crippen LogP contribution in [0.15, 0.2) is 27.5 Å². The van der Waals surface area contributed by atoms with Crippen molar-refractivity contribution >= 4 is 28.4 Å². The number of aromatic amines is 1. The number of H-pyrrole nitrogens is 1. The topological polar surface area (TPSA) is 95.3 Å². The van der Waals surface area contributed by atoms with Gasteiger partial charge in [-0.05, 0) is 32.0 Å². The minimum absolute atomic E-state index is 0.0770. The van der Waals surface area contributed by atoms with Gasteiger partial charge in [-0.2, -0.15) is 0 Å². The van der Waals surface area contributed by atoms with Crippen molar-refractivity contribution < 1.29 is 9.32 Å². The van der Waals surface area contributed by atoms with Gasteiger partial charge in [-0.15, -0.1) is 0 Å². The number of aromatic nitrogens is 3. The highest BCUT2D eigenvalue weighted by Crippen LogP contribution is 2.17. The first-order valence-electron chi connectivity index (χ1n) is 9.51. The van der Waals surface area contributed by atoms with Gasteiger partial charge in [-0.3, -0.25) is 14.5 Å². The molecule has 2 aromatic heterocycles. The lowest BCUT2D eigenvalue weighted by Crippen LogP contribution is -2.49. The number of rotatable bonds is 4. The van der Waals surface area contributed by atoms with Crippen molar-refractivity contribution in [2.24, 2.45) is 0 Å². The summed E-state index contributed by atoms with van der Waals surface area (Å²) in [5.74, 6) is 1.38. The second kappa shape index (κ2) is 7.96. The normalized spacial score (nSPS) is 15.2. The molecule has 1 fully saturated rings. The molecule has 1 saturated heterocycles. The monoisotopic (exact) mass is 415 g/mol. The van der Waals surface area contributed by atoms with Crippen LogP contribution in [0.3, 0.4) is 0 Å². The molecule has 0 bridgehead atoms. The average molecular weight is 416 g/mol. The number of carbonyl (C=O) groups excluding carboxylic acids is 1. The van der Waals surface area contributed by atoms with Crippen LogP contribution in [0.2, 0.25) is 5.02 Å². The van der Waals surface area contributed by atoms with Crippen LogP contribution in [0, 0.1) is 13.8 Å². The van der Waals surface area contributed by atoms with Gasteiger partial charge >= 0.3 is 0 Å². The Morgan fingerprint density at radius 2 is 2.00 bits per heavy atom. The summed E-state index contributed by atoms with van der Waals surface area (Å²) in [7, 11) is 0. The van der Waals surface area contributed by atoms with Crippen molar-refractivity contribution in [3.05, 3.63) is 56.4 Å². The fraction of sp³-hybridized carbons (Fsp3) is 0.400. The molecule has 0 spiro atoms. The third-order valence-electron chi connectivity index (χ3n) is 5.32. The molecule has 9 heteroatoms. The van der Waals surface area contributed by atoms with E-state index in [1.54, 1.807) is 18.2 Å². The maximum Gasteiger partial charge on any atom is 0.258 e. The number of carbonyl (C=O) groups is 1. The molecule has 1 N–H and O–H groups in total. The molecule has 0 radical (unpaired) electrons. The zero-order valence-corrected chi connectivity index (χ0v) is 17.1. The smallest absolute Gasteiger partial charge is 0.258 e. The molecular formula is C20H22ClN5O3. The first kappa shape index (κ1) is 19.6. The van der Waals surface area contributed by atoms with E-state index in [2.05, 4.69) is 20.0 Å². The number of fused-ring (bicyclic) bond motifs is 1. The quantitative estimate of drug-likeness (QED) is 0.700. The maximum absolute atomic E-state index is 12.6. The van der Waals surface area contributed by atoms with E-state index in [0.29, 0.717) is 53.6 Å². The Morgan fingerprint density at radius 3 is 2.69 bits per heavy atom. The summed E-state index contributed by atoms with van der Waals surface area (Å²) < 4.78 is 5.14. The number of amides is 1. The predicted molar refractivity (Wildman–Crippen MR) is 109 cm³/mol. The minimum Gasteiger partial charge on any atom is -0.361 e. The number of nitrogens with one attached hydrogen (secondary N) is 1. The number of piperazine rings is 1. The van der Waals surface area contributed by atoms with Gasteiger partial charge < -0.3 is 14.4 Å². The summed E-state index contributed by atoms with van der Waals surface area (Å²) in [5, 5.41) is 4.90. The molecule has 3 heterocycles. The Balaban J connectivity index is 1.37. The number of hydrogen-bond acceptors (Lipinski definition) is 6. The van der Waals surface area contributed by atoms with Gasteiger partial charge in [-0.25, -0.2) is 4.98 Å². The van der Waals surface area contributed by atoms with Crippen molar-refractivity contribution in [3.8, 4) is 0 Å². The zero-order chi connectivity index (χ0) is 20.5. The van der Waals surface area contributed by atoms with Crippen LogP contribution in [0.1, 0.15) is 22.8 Å². The lowest BCUT2D eigenvalue weighted by atomic mass is 10.1. The van der Waals surface area contributed by atoms with Crippen LogP contribution in [0.4, 0.5) is 0 Å². The second-order valence-corrected chi connectivity index (χ2v) is 7.75. The summed E-state index contributed by atoms with van der Waals surface area (Å²) in [6.07, 6.45) is 0.309. The molecule has 4 rings (SSSR count). The van der Waals surface area contributed by atoms with E-state index in [4.69, 9.17) is 16.1 Å². The summed E-state index contributed by atoms with van der Waals surface area (Å²) in [6.45, 7) is 6.91. The second-order valence-electron chi connectivity index (χ2n) is 7.31. The third-order valence-corrected chi connectivity index (χ3v) is 5.56. The Bertz CT molecular complexity index is 1100. The summed E-state index contributed by atoms with van der Waals surface area (Å²) in [5.41, 5.74) is 2.07. The largest absolute Gasteiger partial charge is 0.361 e. The fourth-order valence-corrected chi connectivity index (χ4v) is 3.79. The Kier molecular flexibility index (Phi) is 5.38. The van der Waals surface area contributed by atoms with Crippen LogP contribution >= 0.6 is 11.6 Å². The Morgan fingerprint density at radius 1 is 1.24 bits per heavy atom. The highest BCUT2D eigenvalue weighted by atomic mass is 35.5. The summed E-state index contributed by atoms with van der Waals surface area (Å²) in [6, 6.07) is 5.10. The first-order chi connectivity index (χ1) is 13.9. The van der Waals surface area contributed by atoms with Gasteiger partial charge in [0.2, 0.25) is 5.91 Å². The number of hydrogen-bond donors (Lipinski definition) is 1. The van der Waals surface area contributed by atoms with E-state index < -0.39 is 0 Å². The molecule has 1 aromatic carbocycles. The van der Waals surface area contributed by atoms with E-state index >= 15 is 0 Å². The molecule has 1 aliphatic heterocycles. The summed E-state index contributed by atoms with van der Waals surface area (Å²) in [4.78, 5) is 36.3. The van der Waals surface area contributed by atoms with E-state index in [0.717, 1.165) is 24.3 Å². The van der Waals surface area contributed by atoms with E-state index in [1.165, 1.54) is 0 Å². The molecule has 3 aromatic rings. The summed E-state index contributed by atoms with van der Waals surface area (Å²) >= 11 is 5.96. The average Bonchev–Trinajstić information content (AvgIpc) is 3.01. The van der Waals surface area contributed by atoms with Gasteiger partial charge in [0.25, 0.3) is 5.56 Å². The molecule has 0 saturated carbocycles. The van der Waals surface area contributed by atoms with Crippen LogP contribution in [-0.4, -0.2) is 57.0 Å². The molecule has 152 valence electrons. The molecule has 0 atom stereocenters. The van der Waals surface area contributed by atoms with Gasteiger partial charge in [0.1, 0.15) is 11.6 Å². The van der Waals surface area contributed by atoms with Crippen LogP contribution in [-0.2, 0) is 17.8 Å². The van der Waals surface area contributed by atoms with Crippen LogP contribution < -0.4 is 5.56 Å². The lowest BCUT2D eigenvalue weighted by molar-refractivity contribution is -0.132.